The molecular formula is C9H18O3. The second-order valence-corrected chi connectivity index (χ2v) is 2.93. The number of carbonyl (C=O) groups excluding carboxylic acids is 1. The third-order valence-electron chi connectivity index (χ3n) is 1.29. The van der Waals surface area contributed by atoms with E-state index < -0.39 is 0 Å². The van der Waals surface area contributed by atoms with Crippen LogP contribution in [0.5, 0.6) is 0 Å². The molecule has 0 bridgehead atoms. The standard InChI is InChI=1S/C9H18O3/c1-4-5-11-6-7-12-9(10)8(2)3/h8H,4-7H2,1-3H3. The average Bonchev–Trinajstić information content (AvgIpc) is 2.03. The Balaban J connectivity index is 3.14. The molecular weight excluding hydrogens is 156 g/mol. The molecule has 72 valence electrons. The van der Waals surface area contributed by atoms with Gasteiger partial charge in [-0.05, 0) is 6.42 Å². The van der Waals surface area contributed by atoms with E-state index >= 15 is 0 Å². The normalized spacial score (nSPS) is 10.3. The summed E-state index contributed by atoms with van der Waals surface area (Å²) >= 11 is 0. The summed E-state index contributed by atoms with van der Waals surface area (Å²) in [5, 5.41) is 0. The highest BCUT2D eigenvalue weighted by atomic mass is 16.6. The molecule has 0 unspecified atom stereocenters. The van der Waals surface area contributed by atoms with E-state index in [4.69, 9.17) is 9.47 Å². The van der Waals surface area contributed by atoms with Crippen LogP contribution in [0.25, 0.3) is 0 Å². The van der Waals surface area contributed by atoms with E-state index in [-0.39, 0.29) is 11.9 Å². The highest BCUT2D eigenvalue weighted by Gasteiger charge is 2.06. The third-order valence-corrected chi connectivity index (χ3v) is 1.29. The highest BCUT2D eigenvalue weighted by Crippen LogP contribution is 1.95. The van der Waals surface area contributed by atoms with E-state index in [0.717, 1.165) is 13.0 Å². The van der Waals surface area contributed by atoms with Gasteiger partial charge in [0.2, 0.25) is 0 Å². The quantitative estimate of drug-likeness (QED) is 0.453. The van der Waals surface area contributed by atoms with Gasteiger partial charge in [-0.3, -0.25) is 4.79 Å². The minimum absolute atomic E-state index is 0.0452. The lowest BCUT2D eigenvalue weighted by atomic mass is 10.2. The first-order chi connectivity index (χ1) is 5.68. The fourth-order valence-electron chi connectivity index (χ4n) is 0.614. The molecule has 0 aromatic heterocycles. The molecule has 12 heavy (non-hydrogen) atoms. The van der Waals surface area contributed by atoms with Gasteiger partial charge in [-0.2, -0.15) is 0 Å². The minimum atomic E-state index is -0.157. The zero-order valence-corrected chi connectivity index (χ0v) is 8.13. The SMILES string of the molecule is CCCOCCOC(=O)C(C)C. The van der Waals surface area contributed by atoms with E-state index in [1.807, 2.05) is 20.8 Å². The summed E-state index contributed by atoms with van der Waals surface area (Å²) in [6.45, 7) is 7.28. The first-order valence-electron chi connectivity index (χ1n) is 4.42. The largest absolute Gasteiger partial charge is 0.463 e. The summed E-state index contributed by atoms with van der Waals surface area (Å²) in [5.74, 6) is -0.203. The van der Waals surface area contributed by atoms with Crippen LogP contribution in [0.1, 0.15) is 27.2 Å². The van der Waals surface area contributed by atoms with Crippen molar-refractivity contribution in [3.05, 3.63) is 0 Å². The summed E-state index contributed by atoms with van der Waals surface area (Å²) in [7, 11) is 0. The molecule has 3 nitrogen and oxygen atoms in total. The van der Waals surface area contributed by atoms with Gasteiger partial charge >= 0.3 is 5.97 Å². The van der Waals surface area contributed by atoms with Gasteiger partial charge in [0.25, 0.3) is 0 Å². The van der Waals surface area contributed by atoms with Crippen molar-refractivity contribution in [1.29, 1.82) is 0 Å². The van der Waals surface area contributed by atoms with Gasteiger partial charge in [0.15, 0.2) is 0 Å². The van der Waals surface area contributed by atoms with Crippen LogP contribution < -0.4 is 0 Å². The molecule has 0 amide bonds. The summed E-state index contributed by atoms with van der Waals surface area (Å²) in [6.07, 6.45) is 0.998. The Morgan fingerprint density at radius 2 is 1.92 bits per heavy atom. The lowest BCUT2D eigenvalue weighted by Gasteiger charge is -2.06. The number of rotatable bonds is 6. The first-order valence-corrected chi connectivity index (χ1v) is 4.42. The van der Waals surface area contributed by atoms with Crippen LogP contribution in [-0.4, -0.2) is 25.8 Å². The average molecular weight is 174 g/mol. The Labute approximate surface area is 74.0 Å². The molecule has 0 fully saturated rings. The third kappa shape index (κ3) is 6.16. The van der Waals surface area contributed by atoms with Crippen molar-refractivity contribution in [2.45, 2.75) is 27.2 Å². The molecule has 0 aliphatic heterocycles. The maximum atomic E-state index is 10.9. The summed E-state index contributed by atoms with van der Waals surface area (Å²) in [6, 6.07) is 0. The second kappa shape index (κ2) is 7.10. The molecule has 0 N–H and O–H groups in total. The zero-order chi connectivity index (χ0) is 9.40. The maximum absolute atomic E-state index is 10.9. The zero-order valence-electron chi connectivity index (χ0n) is 8.13. The molecule has 0 radical (unpaired) electrons. The molecule has 0 spiro atoms. The van der Waals surface area contributed by atoms with Crippen molar-refractivity contribution < 1.29 is 14.3 Å². The van der Waals surface area contributed by atoms with Crippen molar-refractivity contribution in [1.82, 2.24) is 0 Å². The molecule has 0 aliphatic carbocycles. The topological polar surface area (TPSA) is 35.5 Å². The maximum Gasteiger partial charge on any atom is 0.308 e. The number of ether oxygens (including phenoxy) is 2. The molecule has 0 saturated carbocycles. The molecule has 0 heterocycles. The van der Waals surface area contributed by atoms with E-state index in [1.54, 1.807) is 0 Å². The summed E-state index contributed by atoms with van der Waals surface area (Å²) < 4.78 is 10.0. The van der Waals surface area contributed by atoms with Crippen LogP contribution in [0, 0.1) is 5.92 Å². The summed E-state index contributed by atoms with van der Waals surface area (Å²) in [5.41, 5.74) is 0. The Morgan fingerprint density at radius 3 is 2.42 bits per heavy atom. The fourth-order valence-corrected chi connectivity index (χ4v) is 0.614. The molecule has 0 saturated heterocycles. The van der Waals surface area contributed by atoms with Gasteiger partial charge in [0.05, 0.1) is 12.5 Å². The molecule has 0 aliphatic rings. The van der Waals surface area contributed by atoms with Gasteiger partial charge in [-0.25, -0.2) is 0 Å². The van der Waals surface area contributed by atoms with Crippen molar-refractivity contribution in [2.75, 3.05) is 19.8 Å². The van der Waals surface area contributed by atoms with Crippen molar-refractivity contribution in [3.8, 4) is 0 Å². The van der Waals surface area contributed by atoms with Crippen LogP contribution in [0.3, 0.4) is 0 Å². The van der Waals surface area contributed by atoms with Gasteiger partial charge < -0.3 is 9.47 Å². The van der Waals surface area contributed by atoms with Crippen LogP contribution in [-0.2, 0) is 14.3 Å². The highest BCUT2D eigenvalue weighted by molar-refractivity contribution is 5.71. The lowest BCUT2D eigenvalue weighted by Crippen LogP contribution is -2.15. The predicted octanol–water partition coefficient (Wildman–Crippen LogP) is 1.61. The number of hydrogen-bond acceptors (Lipinski definition) is 3. The first kappa shape index (κ1) is 11.4. The van der Waals surface area contributed by atoms with Crippen LogP contribution in [0.15, 0.2) is 0 Å². The Hall–Kier alpha value is -0.570. The van der Waals surface area contributed by atoms with Crippen LogP contribution in [0.4, 0.5) is 0 Å². The van der Waals surface area contributed by atoms with Gasteiger partial charge in [0, 0.05) is 6.61 Å². The lowest BCUT2D eigenvalue weighted by molar-refractivity contribution is -0.148. The van der Waals surface area contributed by atoms with Gasteiger partial charge in [0.1, 0.15) is 6.61 Å². The van der Waals surface area contributed by atoms with E-state index in [9.17, 15) is 4.79 Å². The molecule has 0 aromatic rings. The van der Waals surface area contributed by atoms with E-state index in [0.29, 0.717) is 13.2 Å². The monoisotopic (exact) mass is 174 g/mol. The van der Waals surface area contributed by atoms with Crippen LogP contribution >= 0.6 is 0 Å². The van der Waals surface area contributed by atoms with Crippen molar-refractivity contribution in [2.24, 2.45) is 5.92 Å². The molecule has 0 atom stereocenters. The van der Waals surface area contributed by atoms with E-state index in [1.165, 1.54) is 0 Å². The Morgan fingerprint density at radius 1 is 1.25 bits per heavy atom. The number of carbonyl (C=O) groups is 1. The Bertz CT molecular complexity index is 121. The Kier molecular flexibility index (Phi) is 6.76. The predicted molar refractivity (Wildman–Crippen MR) is 46.9 cm³/mol. The van der Waals surface area contributed by atoms with Crippen LogP contribution in [0.2, 0.25) is 0 Å². The number of hydrogen-bond donors (Lipinski definition) is 0. The molecule has 0 aromatic carbocycles. The van der Waals surface area contributed by atoms with Gasteiger partial charge in [-0.1, -0.05) is 20.8 Å². The minimum Gasteiger partial charge on any atom is -0.463 e. The summed E-state index contributed by atoms with van der Waals surface area (Å²) in [4.78, 5) is 10.9. The smallest absolute Gasteiger partial charge is 0.308 e. The second-order valence-electron chi connectivity index (χ2n) is 2.93. The fraction of sp³-hybridized carbons (Fsp3) is 0.889. The van der Waals surface area contributed by atoms with Crippen molar-refractivity contribution in [3.63, 3.8) is 0 Å². The van der Waals surface area contributed by atoms with Crippen molar-refractivity contribution >= 4 is 5.97 Å². The molecule has 0 rings (SSSR count). The number of esters is 1. The van der Waals surface area contributed by atoms with Gasteiger partial charge in [-0.15, -0.1) is 0 Å². The van der Waals surface area contributed by atoms with E-state index in [2.05, 4.69) is 0 Å². The molecule has 3 heteroatoms.